The minimum absolute atomic E-state index is 0.569. The lowest BCUT2D eigenvalue weighted by atomic mass is 10.2. The second-order valence-electron chi connectivity index (χ2n) is 4.16. The smallest absolute Gasteiger partial charge is 0.141 e. The van der Waals surface area contributed by atoms with Crippen LogP contribution < -0.4 is 11.1 Å². The molecule has 5 heteroatoms. The van der Waals surface area contributed by atoms with Crippen molar-refractivity contribution >= 4 is 17.4 Å². The van der Waals surface area contributed by atoms with E-state index in [9.17, 15) is 0 Å². The lowest BCUT2D eigenvalue weighted by molar-refractivity contribution is 0.581. The van der Waals surface area contributed by atoms with Crippen LogP contribution in [-0.2, 0) is 13.1 Å². The Morgan fingerprint density at radius 2 is 2.17 bits per heavy atom. The van der Waals surface area contributed by atoms with Gasteiger partial charge in [0.25, 0.3) is 0 Å². The van der Waals surface area contributed by atoms with Crippen molar-refractivity contribution in [2.45, 2.75) is 19.5 Å². The molecule has 0 bridgehead atoms. The zero-order valence-electron chi connectivity index (χ0n) is 10.1. The molecule has 1 heterocycles. The van der Waals surface area contributed by atoms with Crippen LogP contribution in [0.5, 0.6) is 0 Å². The van der Waals surface area contributed by atoms with Crippen LogP contribution in [0.25, 0.3) is 0 Å². The second kappa shape index (κ2) is 6.42. The zero-order valence-corrected chi connectivity index (χ0v) is 10.9. The third kappa shape index (κ3) is 3.75. The molecular formula is C13H17ClN4. The van der Waals surface area contributed by atoms with Crippen molar-refractivity contribution in [3.05, 3.63) is 47.4 Å². The molecule has 0 spiro atoms. The molecule has 0 aliphatic rings. The fourth-order valence-corrected chi connectivity index (χ4v) is 1.95. The van der Waals surface area contributed by atoms with E-state index in [1.54, 1.807) is 6.33 Å². The number of nitrogen functional groups attached to an aromatic ring is 1. The maximum atomic E-state index is 6.07. The molecule has 0 atom stereocenters. The molecule has 2 rings (SSSR count). The number of nitrogens with one attached hydrogen (secondary N) is 1. The lowest BCUT2D eigenvalue weighted by Gasteiger charge is -2.06. The molecule has 0 unspecified atom stereocenters. The molecule has 4 nitrogen and oxygen atoms in total. The standard InChI is InChI=1S/C13H17ClN4/c14-12-5-2-1-4-11(12)8-16-6-3-7-18-9-13(15)17-10-18/h1-2,4-5,9-10,16H,3,6-8,15H2. The zero-order chi connectivity index (χ0) is 12.8. The van der Waals surface area contributed by atoms with Gasteiger partial charge in [-0.2, -0.15) is 0 Å². The van der Waals surface area contributed by atoms with Crippen LogP contribution in [0.3, 0.4) is 0 Å². The molecule has 0 amide bonds. The maximum absolute atomic E-state index is 6.07. The van der Waals surface area contributed by atoms with Crippen molar-refractivity contribution in [2.75, 3.05) is 12.3 Å². The Morgan fingerprint density at radius 3 is 2.89 bits per heavy atom. The van der Waals surface area contributed by atoms with Crippen molar-refractivity contribution in [3.63, 3.8) is 0 Å². The molecule has 0 aliphatic heterocycles. The lowest BCUT2D eigenvalue weighted by Crippen LogP contribution is -2.16. The quantitative estimate of drug-likeness (QED) is 0.787. The van der Waals surface area contributed by atoms with Gasteiger partial charge in [0.2, 0.25) is 0 Å². The average molecular weight is 265 g/mol. The van der Waals surface area contributed by atoms with Crippen molar-refractivity contribution < 1.29 is 0 Å². The van der Waals surface area contributed by atoms with Gasteiger partial charge in [-0.15, -0.1) is 0 Å². The van der Waals surface area contributed by atoms with Crippen molar-refractivity contribution in [1.82, 2.24) is 14.9 Å². The number of imidazole rings is 1. The van der Waals surface area contributed by atoms with Gasteiger partial charge in [0.15, 0.2) is 0 Å². The summed E-state index contributed by atoms with van der Waals surface area (Å²) >= 11 is 6.07. The van der Waals surface area contributed by atoms with Crippen LogP contribution in [0, 0.1) is 0 Å². The molecule has 96 valence electrons. The van der Waals surface area contributed by atoms with Gasteiger partial charge in [0, 0.05) is 24.3 Å². The van der Waals surface area contributed by atoms with E-state index in [-0.39, 0.29) is 0 Å². The van der Waals surface area contributed by atoms with Gasteiger partial charge in [-0.25, -0.2) is 4.98 Å². The van der Waals surface area contributed by atoms with Crippen LogP contribution in [0.1, 0.15) is 12.0 Å². The number of halogens is 1. The summed E-state index contributed by atoms with van der Waals surface area (Å²) < 4.78 is 1.99. The number of nitrogens with zero attached hydrogens (tertiary/aromatic N) is 2. The number of hydrogen-bond donors (Lipinski definition) is 2. The summed E-state index contributed by atoms with van der Waals surface area (Å²) in [6.45, 7) is 2.65. The fourth-order valence-electron chi connectivity index (χ4n) is 1.75. The highest BCUT2D eigenvalue weighted by atomic mass is 35.5. The Kier molecular flexibility index (Phi) is 4.61. The monoisotopic (exact) mass is 264 g/mol. The number of benzene rings is 1. The van der Waals surface area contributed by atoms with Gasteiger partial charge in [0.1, 0.15) is 5.82 Å². The molecule has 2 aromatic rings. The summed E-state index contributed by atoms with van der Waals surface area (Å²) in [6, 6.07) is 7.88. The van der Waals surface area contributed by atoms with Gasteiger partial charge >= 0.3 is 0 Å². The Balaban J connectivity index is 1.66. The number of hydrogen-bond acceptors (Lipinski definition) is 3. The highest BCUT2D eigenvalue weighted by Crippen LogP contribution is 2.14. The third-order valence-electron chi connectivity index (χ3n) is 2.70. The van der Waals surface area contributed by atoms with Gasteiger partial charge in [-0.1, -0.05) is 29.8 Å². The minimum atomic E-state index is 0.569. The molecule has 0 radical (unpaired) electrons. The maximum Gasteiger partial charge on any atom is 0.141 e. The number of rotatable bonds is 6. The normalized spacial score (nSPS) is 10.7. The number of nitrogens with two attached hydrogens (primary N) is 1. The molecule has 3 N–H and O–H groups in total. The SMILES string of the molecule is Nc1cn(CCCNCc2ccccc2Cl)cn1. The molecular weight excluding hydrogens is 248 g/mol. The second-order valence-corrected chi connectivity index (χ2v) is 4.57. The van der Waals surface area contributed by atoms with Gasteiger partial charge < -0.3 is 15.6 Å². The summed E-state index contributed by atoms with van der Waals surface area (Å²) in [4.78, 5) is 3.98. The molecule has 18 heavy (non-hydrogen) atoms. The van der Waals surface area contributed by atoms with Crippen LogP contribution in [-0.4, -0.2) is 16.1 Å². The molecule has 0 aliphatic carbocycles. The van der Waals surface area contributed by atoms with Crippen LogP contribution in [0.15, 0.2) is 36.8 Å². The predicted molar refractivity (Wildman–Crippen MR) is 74.4 cm³/mol. The fraction of sp³-hybridized carbons (Fsp3) is 0.308. The summed E-state index contributed by atoms with van der Waals surface area (Å²) in [5, 5.41) is 4.18. The molecule has 1 aromatic carbocycles. The molecule has 0 saturated heterocycles. The highest BCUT2D eigenvalue weighted by molar-refractivity contribution is 6.31. The first-order valence-corrected chi connectivity index (χ1v) is 6.35. The summed E-state index contributed by atoms with van der Waals surface area (Å²) in [6.07, 6.45) is 4.62. The van der Waals surface area contributed by atoms with E-state index in [2.05, 4.69) is 10.3 Å². The number of anilines is 1. The first-order valence-electron chi connectivity index (χ1n) is 5.97. The Bertz CT molecular complexity index is 495. The molecule has 1 aromatic heterocycles. The summed E-state index contributed by atoms with van der Waals surface area (Å²) in [7, 11) is 0. The molecule has 0 fully saturated rings. The minimum Gasteiger partial charge on any atom is -0.382 e. The van der Waals surface area contributed by atoms with Crippen LogP contribution >= 0.6 is 11.6 Å². The van der Waals surface area contributed by atoms with Crippen LogP contribution in [0.2, 0.25) is 5.02 Å². The Hall–Kier alpha value is -1.52. The first kappa shape index (κ1) is 12.9. The van der Waals surface area contributed by atoms with Gasteiger partial charge in [-0.3, -0.25) is 0 Å². The van der Waals surface area contributed by atoms with Crippen molar-refractivity contribution in [3.8, 4) is 0 Å². The van der Waals surface area contributed by atoms with E-state index in [4.69, 9.17) is 17.3 Å². The van der Waals surface area contributed by atoms with Crippen molar-refractivity contribution in [1.29, 1.82) is 0 Å². The first-order chi connectivity index (χ1) is 8.75. The van der Waals surface area contributed by atoms with Gasteiger partial charge in [0.05, 0.1) is 6.33 Å². The van der Waals surface area contributed by atoms with Crippen molar-refractivity contribution in [2.24, 2.45) is 0 Å². The van der Waals surface area contributed by atoms with E-state index in [0.29, 0.717) is 5.82 Å². The van der Waals surface area contributed by atoms with E-state index < -0.39 is 0 Å². The van der Waals surface area contributed by atoms with E-state index in [1.165, 1.54) is 0 Å². The van der Waals surface area contributed by atoms with Gasteiger partial charge in [-0.05, 0) is 24.6 Å². The summed E-state index contributed by atoms with van der Waals surface area (Å²) in [5.41, 5.74) is 6.67. The highest BCUT2D eigenvalue weighted by Gasteiger charge is 1.98. The summed E-state index contributed by atoms with van der Waals surface area (Å²) in [5.74, 6) is 0.569. The van der Waals surface area contributed by atoms with E-state index in [1.807, 2.05) is 35.0 Å². The topological polar surface area (TPSA) is 55.9 Å². The predicted octanol–water partition coefficient (Wildman–Crippen LogP) is 2.30. The average Bonchev–Trinajstić information content (AvgIpc) is 2.77. The largest absolute Gasteiger partial charge is 0.382 e. The Labute approximate surface area is 112 Å². The number of aromatic nitrogens is 2. The Morgan fingerprint density at radius 1 is 1.33 bits per heavy atom. The third-order valence-corrected chi connectivity index (χ3v) is 3.07. The van der Waals surface area contributed by atoms with E-state index in [0.717, 1.165) is 36.6 Å². The van der Waals surface area contributed by atoms with E-state index >= 15 is 0 Å². The number of aryl methyl sites for hydroxylation is 1. The van der Waals surface area contributed by atoms with Crippen LogP contribution in [0.4, 0.5) is 5.82 Å². The molecule has 0 saturated carbocycles.